The van der Waals surface area contributed by atoms with Gasteiger partial charge in [0.05, 0.1) is 6.61 Å². The van der Waals surface area contributed by atoms with Gasteiger partial charge in [-0.05, 0) is 67.9 Å². The molecule has 0 aromatic heterocycles. The Hall–Kier alpha value is -0.670. The van der Waals surface area contributed by atoms with Gasteiger partial charge in [0.2, 0.25) is 0 Å². The van der Waals surface area contributed by atoms with E-state index >= 15 is 0 Å². The Morgan fingerprint density at radius 2 is 2.10 bits per heavy atom. The number of hydrogen-bond acceptors (Lipinski definition) is 3. The molecule has 3 heteroatoms. The topological polar surface area (TPSA) is 21.3 Å². The highest BCUT2D eigenvalue weighted by atomic mass is 32.2. The average Bonchev–Trinajstić information content (AvgIpc) is 2.49. The van der Waals surface area contributed by atoms with E-state index in [-0.39, 0.29) is 0 Å². The summed E-state index contributed by atoms with van der Waals surface area (Å²) < 4.78 is 5.63. The van der Waals surface area contributed by atoms with Gasteiger partial charge in [-0.25, -0.2) is 0 Å². The molecule has 1 N–H and O–H groups in total. The van der Waals surface area contributed by atoms with Crippen LogP contribution in [0.25, 0.3) is 0 Å². The van der Waals surface area contributed by atoms with Crippen molar-refractivity contribution in [3.63, 3.8) is 0 Å². The molecule has 1 saturated heterocycles. The fourth-order valence-electron chi connectivity index (χ4n) is 2.89. The summed E-state index contributed by atoms with van der Waals surface area (Å²) >= 11 is 2.10. The molecule has 1 aromatic rings. The molecule has 1 unspecified atom stereocenters. The van der Waals surface area contributed by atoms with Crippen LogP contribution in [-0.4, -0.2) is 24.7 Å². The molecular formula is C17H27NOS. The minimum Gasteiger partial charge on any atom is -0.494 e. The zero-order valence-electron chi connectivity index (χ0n) is 12.7. The van der Waals surface area contributed by atoms with Crippen LogP contribution in [0.4, 0.5) is 0 Å². The molecule has 1 atom stereocenters. The maximum absolute atomic E-state index is 5.63. The Morgan fingerprint density at radius 1 is 1.30 bits per heavy atom. The monoisotopic (exact) mass is 293 g/mol. The van der Waals surface area contributed by atoms with Crippen molar-refractivity contribution in [1.29, 1.82) is 0 Å². The molecule has 1 fully saturated rings. The van der Waals surface area contributed by atoms with Gasteiger partial charge >= 0.3 is 0 Å². The SMILES string of the molecule is CCNC(CC1CCSCC1)c1cccc(OCC)c1. The van der Waals surface area contributed by atoms with Crippen LogP contribution in [0, 0.1) is 5.92 Å². The van der Waals surface area contributed by atoms with Crippen LogP contribution < -0.4 is 10.1 Å². The largest absolute Gasteiger partial charge is 0.494 e. The first kappa shape index (κ1) is 15.7. The van der Waals surface area contributed by atoms with Crippen LogP contribution >= 0.6 is 11.8 Å². The Balaban J connectivity index is 2.04. The van der Waals surface area contributed by atoms with E-state index < -0.39 is 0 Å². The Bertz CT molecular complexity index is 390. The zero-order chi connectivity index (χ0) is 14.2. The molecule has 112 valence electrons. The second-order valence-corrected chi connectivity index (χ2v) is 6.63. The highest BCUT2D eigenvalue weighted by molar-refractivity contribution is 7.99. The fraction of sp³-hybridized carbons (Fsp3) is 0.647. The van der Waals surface area contributed by atoms with Crippen LogP contribution in [-0.2, 0) is 0 Å². The van der Waals surface area contributed by atoms with Gasteiger partial charge in [-0.3, -0.25) is 0 Å². The predicted molar refractivity (Wildman–Crippen MR) is 88.7 cm³/mol. The molecule has 0 spiro atoms. The number of rotatable bonds is 7. The lowest BCUT2D eigenvalue weighted by atomic mass is 9.90. The van der Waals surface area contributed by atoms with Crippen LogP contribution in [0.15, 0.2) is 24.3 Å². The Morgan fingerprint density at radius 3 is 2.80 bits per heavy atom. The van der Waals surface area contributed by atoms with Crippen molar-refractivity contribution in [2.45, 2.75) is 39.2 Å². The third kappa shape index (κ3) is 4.71. The third-order valence-corrected chi connectivity index (χ3v) is 4.98. The molecule has 1 aliphatic heterocycles. The minimum atomic E-state index is 0.466. The van der Waals surface area contributed by atoms with E-state index in [0.29, 0.717) is 6.04 Å². The lowest BCUT2D eigenvalue weighted by Gasteiger charge is -2.27. The third-order valence-electron chi connectivity index (χ3n) is 3.93. The summed E-state index contributed by atoms with van der Waals surface area (Å²) in [5.41, 5.74) is 1.37. The molecule has 1 aliphatic rings. The van der Waals surface area contributed by atoms with Gasteiger partial charge in [0.1, 0.15) is 5.75 Å². The summed E-state index contributed by atoms with van der Waals surface area (Å²) in [4.78, 5) is 0. The number of ether oxygens (including phenoxy) is 1. The van der Waals surface area contributed by atoms with Crippen molar-refractivity contribution in [2.75, 3.05) is 24.7 Å². The number of hydrogen-bond donors (Lipinski definition) is 1. The number of benzene rings is 1. The fourth-order valence-corrected chi connectivity index (χ4v) is 4.09. The van der Waals surface area contributed by atoms with E-state index in [1.807, 2.05) is 13.0 Å². The second kappa shape index (κ2) is 8.58. The van der Waals surface area contributed by atoms with Crippen molar-refractivity contribution in [2.24, 2.45) is 5.92 Å². The first-order chi connectivity index (χ1) is 9.83. The van der Waals surface area contributed by atoms with Crippen LogP contribution in [0.3, 0.4) is 0 Å². The van der Waals surface area contributed by atoms with Gasteiger partial charge in [-0.1, -0.05) is 19.1 Å². The molecular weight excluding hydrogens is 266 g/mol. The van der Waals surface area contributed by atoms with E-state index in [9.17, 15) is 0 Å². The molecule has 0 radical (unpaired) electrons. The molecule has 1 heterocycles. The van der Waals surface area contributed by atoms with E-state index in [1.54, 1.807) is 0 Å². The van der Waals surface area contributed by atoms with Crippen LogP contribution in [0.2, 0.25) is 0 Å². The highest BCUT2D eigenvalue weighted by Gasteiger charge is 2.20. The lowest BCUT2D eigenvalue weighted by Crippen LogP contribution is -2.25. The summed E-state index contributed by atoms with van der Waals surface area (Å²) in [5, 5.41) is 3.65. The first-order valence-corrected chi connectivity index (χ1v) is 9.02. The summed E-state index contributed by atoms with van der Waals surface area (Å²) in [6.45, 7) is 5.98. The average molecular weight is 293 g/mol. The van der Waals surface area contributed by atoms with E-state index in [0.717, 1.165) is 24.8 Å². The first-order valence-electron chi connectivity index (χ1n) is 7.87. The molecule has 2 rings (SSSR count). The van der Waals surface area contributed by atoms with Gasteiger partial charge in [0.15, 0.2) is 0 Å². The predicted octanol–water partition coefficient (Wildman–Crippen LogP) is 4.27. The van der Waals surface area contributed by atoms with Crippen molar-refractivity contribution >= 4 is 11.8 Å². The van der Waals surface area contributed by atoms with Gasteiger partial charge in [-0.15, -0.1) is 0 Å². The summed E-state index contributed by atoms with van der Waals surface area (Å²) in [5.74, 6) is 4.54. The van der Waals surface area contributed by atoms with Gasteiger partial charge in [-0.2, -0.15) is 11.8 Å². The van der Waals surface area contributed by atoms with E-state index in [1.165, 1.54) is 36.3 Å². The standard InChI is InChI=1S/C17H27NOS/c1-3-18-17(12-14-8-10-20-11-9-14)15-6-5-7-16(13-15)19-4-2/h5-7,13-14,17-18H,3-4,8-12H2,1-2H3. The lowest BCUT2D eigenvalue weighted by molar-refractivity contribution is 0.337. The maximum Gasteiger partial charge on any atom is 0.119 e. The smallest absolute Gasteiger partial charge is 0.119 e. The maximum atomic E-state index is 5.63. The molecule has 2 nitrogen and oxygen atoms in total. The second-order valence-electron chi connectivity index (χ2n) is 5.41. The highest BCUT2D eigenvalue weighted by Crippen LogP contribution is 2.32. The molecule has 0 saturated carbocycles. The molecule has 0 aliphatic carbocycles. The summed E-state index contributed by atoms with van der Waals surface area (Å²) in [6.07, 6.45) is 4.00. The molecule has 20 heavy (non-hydrogen) atoms. The molecule has 1 aromatic carbocycles. The van der Waals surface area contributed by atoms with E-state index in [4.69, 9.17) is 4.74 Å². The van der Waals surface area contributed by atoms with Crippen molar-refractivity contribution < 1.29 is 4.74 Å². The van der Waals surface area contributed by atoms with Crippen LogP contribution in [0.1, 0.15) is 44.7 Å². The quantitative estimate of drug-likeness (QED) is 0.811. The van der Waals surface area contributed by atoms with Crippen molar-refractivity contribution in [1.82, 2.24) is 5.32 Å². The van der Waals surface area contributed by atoms with Crippen molar-refractivity contribution in [3.8, 4) is 5.75 Å². The molecule has 0 amide bonds. The van der Waals surface area contributed by atoms with E-state index in [2.05, 4.69) is 42.2 Å². The normalized spacial score (nSPS) is 17.9. The Kier molecular flexibility index (Phi) is 6.74. The summed E-state index contributed by atoms with van der Waals surface area (Å²) in [6, 6.07) is 9.06. The zero-order valence-corrected chi connectivity index (χ0v) is 13.5. The van der Waals surface area contributed by atoms with Gasteiger partial charge in [0.25, 0.3) is 0 Å². The van der Waals surface area contributed by atoms with Crippen LogP contribution in [0.5, 0.6) is 5.75 Å². The Labute approximate surface area is 127 Å². The number of thioether (sulfide) groups is 1. The van der Waals surface area contributed by atoms with Gasteiger partial charge in [0, 0.05) is 6.04 Å². The number of nitrogens with one attached hydrogen (secondary N) is 1. The van der Waals surface area contributed by atoms with Crippen molar-refractivity contribution in [3.05, 3.63) is 29.8 Å². The molecule has 0 bridgehead atoms. The van der Waals surface area contributed by atoms with Gasteiger partial charge < -0.3 is 10.1 Å². The minimum absolute atomic E-state index is 0.466. The summed E-state index contributed by atoms with van der Waals surface area (Å²) in [7, 11) is 0.